The zero-order valence-corrected chi connectivity index (χ0v) is 9.45. The van der Waals surface area contributed by atoms with E-state index in [9.17, 15) is 0 Å². The van der Waals surface area contributed by atoms with Crippen LogP contribution < -0.4 is 0 Å². The lowest BCUT2D eigenvalue weighted by molar-refractivity contribution is 1.23. The van der Waals surface area contributed by atoms with Crippen LogP contribution in [-0.2, 0) is 0 Å². The van der Waals surface area contributed by atoms with Gasteiger partial charge in [0, 0.05) is 12.4 Å². The van der Waals surface area contributed by atoms with Crippen LogP contribution in [0.3, 0.4) is 0 Å². The Morgan fingerprint density at radius 3 is 2.41 bits per heavy atom. The fourth-order valence-electron chi connectivity index (χ4n) is 1.97. The molecular formula is C16H13N. The predicted molar refractivity (Wildman–Crippen MR) is 73.6 cm³/mol. The van der Waals surface area contributed by atoms with Crippen molar-refractivity contribution in [2.75, 3.05) is 0 Å². The van der Waals surface area contributed by atoms with Crippen molar-refractivity contribution in [3.63, 3.8) is 0 Å². The maximum Gasteiger partial charge on any atom is 0.0522 e. The number of hydrogen-bond acceptors (Lipinski definition) is 0. The van der Waals surface area contributed by atoms with Gasteiger partial charge in [-0.1, -0.05) is 48.5 Å². The zero-order valence-electron chi connectivity index (χ0n) is 9.45. The summed E-state index contributed by atoms with van der Waals surface area (Å²) in [6.45, 7) is 0. The Hall–Kier alpha value is -2.28. The van der Waals surface area contributed by atoms with Crippen LogP contribution in [-0.4, -0.2) is 4.57 Å². The molecule has 0 spiro atoms. The predicted octanol–water partition coefficient (Wildman–Crippen LogP) is 4.27. The third kappa shape index (κ3) is 2.00. The molecule has 0 aliphatic rings. The summed E-state index contributed by atoms with van der Waals surface area (Å²) in [6, 6.07) is 20.8. The molecule has 0 N–H and O–H groups in total. The van der Waals surface area contributed by atoms with E-state index in [4.69, 9.17) is 0 Å². The van der Waals surface area contributed by atoms with Crippen molar-refractivity contribution in [3.8, 4) is 0 Å². The van der Waals surface area contributed by atoms with Gasteiger partial charge in [-0.15, -0.1) is 0 Å². The van der Waals surface area contributed by atoms with Gasteiger partial charge in [-0.2, -0.15) is 0 Å². The zero-order chi connectivity index (χ0) is 11.5. The number of rotatable bonds is 2. The second-order valence-electron chi connectivity index (χ2n) is 4.01. The quantitative estimate of drug-likeness (QED) is 0.606. The normalized spacial score (nSPS) is 11.3. The van der Waals surface area contributed by atoms with Gasteiger partial charge in [-0.25, -0.2) is 0 Å². The molecular weight excluding hydrogens is 206 g/mol. The third-order valence-corrected chi connectivity index (χ3v) is 2.86. The molecule has 0 atom stereocenters. The summed E-state index contributed by atoms with van der Waals surface area (Å²) in [7, 11) is 0. The van der Waals surface area contributed by atoms with Crippen molar-refractivity contribution < 1.29 is 0 Å². The fraction of sp³-hybridized carbons (Fsp3) is 0. The topological polar surface area (TPSA) is 4.93 Å². The number of hydrogen-bond donors (Lipinski definition) is 0. The van der Waals surface area contributed by atoms with Crippen LogP contribution >= 0.6 is 0 Å². The van der Waals surface area contributed by atoms with Gasteiger partial charge in [0.15, 0.2) is 0 Å². The third-order valence-electron chi connectivity index (χ3n) is 2.86. The highest BCUT2D eigenvalue weighted by Gasteiger charge is 1.95. The smallest absolute Gasteiger partial charge is 0.0522 e. The molecule has 1 heteroatoms. The summed E-state index contributed by atoms with van der Waals surface area (Å²) >= 11 is 0. The Balaban J connectivity index is 1.98. The number of fused-ring (bicyclic) bond motifs is 1. The van der Waals surface area contributed by atoms with Gasteiger partial charge in [0.05, 0.1) is 5.52 Å². The Bertz CT molecular complexity index is 647. The summed E-state index contributed by atoms with van der Waals surface area (Å²) in [4.78, 5) is 0. The molecule has 0 fully saturated rings. The first-order valence-electron chi connectivity index (χ1n) is 5.72. The first-order chi connectivity index (χ1) is 8.43. The van der Waals surface area contributed by atoms with Crippen LogP contribution in [0.25, 0.3) is 23.2 Å². The maximum atomic E-state index is 2.14. The molecule has 0 unspecified atom stereocenters. The molecule has 82 valence electrons. The lowest BCUT2D eigenvalue weighted by Gasteiger charge is -1.97. The van der Waals surface area contributed by atoms with E-state index in [1.165, 1.54) is 16.5 Å². The highest BCUT2D eigenvalue weighted by Crippen LogP contribution is 2.16. The first-order valence-corrected chi connectivity index (χ1v) is 5.72. The second kappa shape index (κ2) is 4.30. The van der Waals surface area contributed by atoms with Crippen molar-refractivity contribution >= 4 is 23.2 Å². The lowest BCUT2D eigenvalue weighted by Crippen LogP contribution is -1.81. The van der Waals surface area contributed by atoms with E-state index in [0.29, 0.717) is 0 Å². The minimum absolute atomic E-state index is 1.21. The number of para-hydroxylation sites is 1. The summed E-state index contributed by atoms with van der Waals surface area (Å²) in [6.07, 6.45) is 6.30. The minimum atomic E-state index is 1.21. The summed E-state index contributed by atoms with van der Waals surface area (Å²) in [5, 5.41) is 1.27. The molecule has 1 heterocycles. The molecule has 1 nitrogen and oxygen atoms in total. The molecule has 2 aromatic carbocycles. The van der Waals surface area contributed by atoms with Crippen LogP contribution in [0.5, 0.6) is 0 Å². The molecule has 0 saturated carbocycles. The highest BCUT2D eigenvalue weighted by molar-refractivity contribution is 5.83. The summed E-state index contributed by atoms with van der Waals surface area (Å²) in [5.41, 5.74) is 2.45. The van der Waals surface area contributed by atoms with E-state index in [1.54, 1.807) is 0 Å². The van der Waals surface area contributed by atoms with Crippen LogP contribution in [0.2, 0.25) is 0 Å². The molecule has 3 aromatic rings. The second-order valence-corrected chi connectivity index (χ2v) is 4.01. The molecule has 0 radical (unpaired) electrons. The average Bonchev–Trinajstić information content (AvgIpc) is 2.81. The molecule has 3 rings (SSSR count). The monoisotopic (exact) mass is 219 g/mol. The first kappa shape index (κ1) is 9.91. The number of aromatic nitrogens is 1. The van der Waals surface area contributed by atoms with E-state index in [1.807, 2.05) is 18.2 Å². The fourth-order valence-corrected chi connectivity index (χ4v) is 1.97. The number of nitrogens with zero attached hydrogens (tertiary/aromatic N) is 1. The van der Waals surface area contributed by atoms with E-state index in [0.717, 1.165) is 0 Å². The Morgan fingerprint density at radius 1 is 0.765 bits per heavy atom. The van der Waals surface area contributed by atoms with Crippen LogP contribution in [0.1, 0.15) is 5.56 Å². The summed E-state index contributed by atoms with van der Waals surface area (Å²) in [5.74, 6) is 0. The van der Waals surface area contributed by atoms with Crippen molar-refractivity contribution in [2.24, 2.45) is 0 Å². The Kier molecular flexibility index (Phi) is 2.51. The van der Waals surface area contributed by atoms with Crippen molar-refractivity contribution in [2.45, 2.75) is 0 Å². The Morgan fingerprint density at radius 2 is 1.53 bits per heavy atom. The van der Waals surface area contributed by atoms with Gasteiger partial charge in [-0.3, -0.25) is 0 Å². The molecule has 17 heavy (non-hydrogen) atoms. The van der Waals surface area contributed by atoms with Gasteiger partial charge in [-0.05, 0) is 29.2 Å². The van der Waals surface area contributed by atoms with Gasteiger partial charge < -0.3 is 4.57 Å². The van der Waals surface area contributed by atoms with Gasteiger partial charge in [0.25, 0.3) is 0 Å². The van der Waals surface area contributed by atoms with E-state index < -0.39 is 0 Å². The molecule has 0 aliphatic heterocycles. The van der Waals surface area contributed by atoms with Crippen LogP contribution in [0, 0.1) is 0 Å². The average molecular weight is 219 g/mol. The minimum Gasteiger partial charge on any atom is -0.323 e. The van der Waals surface area contributed by atoms with Crippen LogP contribution in [0.4, 0.5) is 0 Å². The Labute approximate surface area is 101 Å². The molecule has 0 amide bonds. The number of benzene rings is 2. The largest absolute Gasteiger partial charge is 0.323 e. The SMILES string of the molecule is C(=C/n1ccc2ccccc21)/c1ccccc1. The molecule has 0 aliphatic carbocycles. The highest BCUT2D eigenvalue weighted by atomic mass is 14.9. The van der Waals surface area contributed by atoms with Gasteiger partial charge in [0.2, 0.25) is 0 Å². The molecule has 0 bridgehead atoms. The van der Waals surface area contributed by atoms with Crippen molar-refractivity contribution in [1.29, 1.82) is 0 Å². The molecule has 0 saturated heterocycles. The standard InChI is InChI=1S/C16H13N/c1-2-6-14(7-3-1)10-12-17-13-11-15-8-4-5-9-16(15)17/h1-13H/b12-10-. The van der Waals surface area contributed by atoms with E-state index in [2.05, 4.69) is 65.5 Å². The van der Waals surface area contributed by atoms with Gasteiger partial charge in [0.1, 0.15) is 0 Å². The maximum absolute atomic E-state index is 2.14. The van der Waals surface area contributed by atoms with E-state index in [-0.39, 0.29) is 0 Å². The van der Waals surface area contributed by atoms with Crippen molar-refractivity contribution in [1.82, 2.24) is 4.57 Å². The van der Waals surface area contributed by atoms with Gasteiger partial charge >= 0.3 is 0 Å². The lowest BCUT2D eigenvalue weighted by atomic mass is 10.2. The van der Waals surface area contributed by atoms with Crippen LogP contribution in [0.15, 0.2) is 66.9 Å². The van der Waals surface area contributed by atoms with E-state index >= 15 is 0 Å². The summed E-state index contributed by atoms with van der Waals surface area (Å²) < 4.78 is 2.14. The molecule has 1 aromatic heterocycles. The van der Waals surface area contributed by atoms with Crippen molar-refractivity contribution in [3.05, 3.63) is 72.4 Å².